The molecule has 1 aliphatic rings. The quantitative estimate of drug-likeness (QED) is 0.345. The molecule has 1 fully saturated rings. The summed E-state index contributed by atoms with van der Waals surface area (Å²) in [4.78, 5) is 1.96. The fraction of sp³-hybridized carbons (Fsp3) is 0.333. The second-order valence-corrected chi connectivity index (χ2v) is 8.84. The summed E-state index contributed by atoms with van der Waals surface area (Å²) in [6.45, 7) is 0.0665. The van der Waals surface area contributed by atoms with Crippen LogP contribution < -0.4 is 0 Å². The van der Waals surface area contributed by atoms with Crippen molar-refractivity contribution in [1.82, 2.24) is 4.90 Å². The van der Waals surface area contributed by atoms with E-state index in [1.807, 2.05) is 35.2 Å². The largest absolute Gasteiger partial charge is 0.416 e. The van der Waals surface area contributed by atoms with Crippen LogP contribution in [0.25, 0.3) is 0 Å². The molecule has 0 spiro atoms. The zero-order chi connectivity index (χ0) is 27.5. The third kappa shape index (κ3) is 6.71. The molecule has 1 aliphatic heterocycles. The second kappa shape index (κ2) is 11.4. The molecule has 1 heterocycles. The third-order valence-electron chi connectivity index (χ3n) is 6.20. The highest BCUT2D eigenvalue weighted by molar-refractivity contribution is 5.35. The van der Waals surface area contributed by atoms with E-state index in [0.717, 1.165) is 5.56 Å². The third-order valence-corrected chi connectivity index (χ3v) is 6.20. The van der Waals surface area contributed by atoms with Gasteiger partial charge in [-0.15, -0.1) is 0 Å². The van der Waals surface area contributed by atoms with Gasteiger partial charge in [-0.1, -0.05) is 42.5 Å². The first-order valence-corrected chi connectivity index (χ1v) is 11.7. The Hall–Kier alpha value is -2.99. The molecule has 0 bridgehead atoms. The molecular weight excluding hydrogens is 519 g/mol. The Morgan fingerprint density at radius 1 is 0.895 bits per heavy atom. The Morgan fingerprint density at radius 2 is 1.50 bits per heavy atom. The molecule has 3 atom stereocenters. The molecule has 0 radical (unpaired) electrons. The number of alkyl halides is 6. The molecule has 38 heavy (non-hydrogen) atoms. The summed E-state index contributed by atoms with van der Waals surface area (Å²) >= 11 is 0. The normalized spacial score (nSPS) is 19.9. The van der Waals surface area contributed by atoms with Gasteiger partial charge >= 0.3 is 12.4 Å². The van der Waals surface area contributed by atoms with Gasteiger partial charge in [-0.25, -0.2) is 4.39 Å². The van der Waals surface area contributed by atoms with Crippen molar-refractivity contribution in [3.05, 3.63) is 106 Å². The number of ether oxygens (including phenoxy) is 2. The Morgan fingerprint density at radius 3 is 2.05 bits per heavy atom. The monoisotopic (exact) mass is 543 g/mol. The number of halogens is 7. The van der Waals surface area contributed by atoms with Gasteiger partial charge in [0.2, 0.25) is 0 Å². The molecule has 0 aliphatic carbocycles. The van der Waals surface area contributed by atoms with Gasteiger partial charge in [-0.2, -0.15) is 26.3 Å². The molecule has 0 saturated carbocycles. The number of aliphatic hydroxyl groups excluding tert-OH is 1. The van der Waals surface area contributed by atoms with Crippen LogP contribution in [0.1, 0.15) is 40.0 Å². The molecule has 1 saturated heterocycles. The minimum Gasteiger partial charge on any atom is -0.393 e. The maximum atomic E-state index is 13.7. The molecule has 1 N–H and O–H groups in total. The first kappa shape index (κ1) is 28.0. The highest BCUT2D eigenvalue weighted by atomic mass is 19.4. The fourth-order valence-electron chi connectivity index (χ4n) is 4.38. The maximum Gasteiger partial charge on any atom is 0.416 e. The van der Waals surface area contributed by atoms with Crippen molar-refractivity contribution in [2.45, 2.75) is 37.3 Å². The molecule has 4 rings (SSSR count). The lowest BCUT2D eigenvalue weighted by molar-refractivity contribution is -0.238. The van der Waals surface area contributed by atoms with Crippen LogP contribution in [0.15, 0.2) is 72.8 Å². The summed E-state index contributed by atoms with van der Waals surface area (Å²) in [6, 6.07) is 15.2. The zero-order valence-corrected chi connectivity index (χ0v) is 19.8. The van der Waals surface area contributed by atoms with Gasteiger partial charge in [0.1, 0.15) is 11.9 Å². The Balaban J connectivity index is 1.69. The Labute approximate surface area is 214 Å². The van der Waals surface area contributed by atoms with Gasteiger partial charge < -0.3 is 14.6 Å². The summed E-state index contributed by atoms with van der Waals surface area (Å²) in [7, 11) is 0. The Bertz CT molecular complexity index is 1170. The van der Waals surface area contributed by atoms with Crippen LogP contribution in [0.5, 0.6) is 0 Å². The molecule has 11 heteroatoms. The van der Waals surface area contributed by atoms with Gasteiger partial charge in [0.15, 0.2) is 6.29 Å². The lowest BCUT2D eigenvalue weighted by Gasteiger charge is -2.42. The van der Waals surface area contributed by atoms with Crippen molar-refractivity contribution in [1.29, 1.82) is 0 Å². The highest BCUT2D eigenvalue weighted by Gasteiger charge is 2.40. The number of hydrogen-bond acceptors (Lipinski definition) is 4. The summed E-state index contributed by atoms with van der Waals surface area (Å²) in [5.74, 6) is -0.491. The first-order valence-electron chi connectivity index (χ1n) is 11.7. The van der Waals surface area contributed by atoms with Gasteiger partial charge in [0, 0.05) is 13.1 Å². The van der Waals surface area contributed by atoms with E-state index in [1.54, 1.807) is 0 Å². The van der Waals surface area contributed by atoms with Gasteiger partial charge in [-0.3, -0.25) is 4.90 Å². The number of hydrogen-bond donors (Lipinski definition) is 1. The highest BCUT2D eigenvalue weighted by Crippen LogP contribution is 2.40. The summed E-state index contributed by atoms with van der Waals surface area (Å²) in [5, 5.41) is 9.99. The SMILES string of the molecule is OC[C@@H](OC1OCCN(Cc2ccccc2)C1c1ccc(F)cc1)c1cc(C(F)(F)F)cc(C(F)(F)F)c1. The van der Waals surface area contributed by atoms with E-state index in [-0.39, 0.29) is 12.7 Å². The number of benzene rings is 3. The number of nitrogens with zero attached hydrogens (tertiary/aromatic N) is 1. The molecule has 0 amide bonds. The molecule has 0 aromatic heterocycles. The summed E-state index contributed by atoms with van der Waals surface area (Å²) in [6.07, 6.45) is -12.9. The Kier molecular flexibility index (Phi) is 8.41. The van der Waals surface area contributed by atoms with Crippen molar-refractivity contribution in [2.24, 2.45) is 0 Å². The van der Waals surface area contributed by atoms with Crippen LogP contribution in [-0.4, -0.2) is 36.1 Å². The predicted molar refractivity (Wildman–Crippen MR) is 123 cm³/mol. The van der Waals surface area contributed by atoms with Crippen molar-refractivity contribution >= 4 is 0 Å². The molecule has 2 unspecified atom stereocenters. The molecule has 4 nitrogen and oxygen atoms in total. The average Bonchev–Trinajstić information content (AvgIpc) is 2.87. The number of morpholine rings is 1. The lowest BCUT2D eigenvalue weighted by atomic mass is 10.00. The molecule has 204 valence electrons. The summed E-state index contributed by atoms with van der Waals surface area (Å²) < 4.78 is 106. The standard InChI is InChI=1S/C27H24F7NO3/c28-22-8-6-18(7-9-22)24-25(37-11-10-35(24)15-17-4-2-1-3-5-17)38-23(16-36)19-12-20(26(29,30)31)14-21(13-19)27(32,33)34/h1-9,12-14,23-25,36H,10-11,15-16H2/t23-,24?,25?/m1/s1. The van der Waals surface area contributed by atoms with Crippen LogP contribution in [-0.2, 0) is 28.4 Å². The molecular formula is C27H24F7NO3. The van der Waals surface area contributed by atoms with E-state index in [9.17, 15) is 35.8 Å². The minimum absolute atomic E-state index is 0.0119. The zero-order valence-electron chi connectivity index (χ0n) is 19.8. The average molecular weight is 543 g/mol. The van der Waals surface area contributed by atoms with Gasteiger partial charge in [0.05, 0.1) is 30.4 Å². The van der Waals surface area contributed by atoms with E-state index in [1.165, 1.54) is 24.3 Å². The van der Waals surface area contributed by atoms with Crippen LogP contribution in [0.2, 0.25) is 0 Å². The van der Waals surface area contributed by atoms with Gasteiger partial charge in [-0.05, 0) is 47.0 Å². The number of aliphatic hydroxyl groups is 1. The van der Waals surface area contributed by atoms with E-state index in [0.29, 0.717) is 30.8 Å². The second-order valence-electron chi connectivity index (χ2n) is 8.84. The van der Waals surface area contributed by atoms with Crippen LogP contribution in [0, 0.1) is 5.82 Å². The topological polar surface area (TPSA) is 41.9 Å². The van der Waals surface area contributed by atoms with Gasteiger partial charge in [0.25, 0.3) is 0 Å². The predicted octanol–water partition coefficient (Wildman–Crippen LogP) is 6.51. The van der Waals surface area contributed by atoms with Crippen molar-refractivity contribution in [2.75, 3.05) is 19.8 Å². The van der Waals surface area contributed by atoms with Crippen LogP contribution in [0.4, 0.5) is 30.7 Å². The first-order chi connectivity index (χ1) is 18.0. The van der Waals surface area contributed by atoms with Crippen LogP contribution >= 0.6 is 0 Å². The smallest absolute Gasteiger partial charge is 0.393 e. The fourth-order valence-corrected chi connectivity index (χ4v) is 4.38. The minimum atomic E-state index is -5.06. The summed E-state index contributed by atoms with van der Waals surface area (Å²) in [5.41, 5.74) is -2.05. The lowest BCUT2D eigenvalue weighted by Crippen LogP contribution is -2.46. The van der Waals surface area contributed by atoms with E-state index < -0.39 is 59.9 Å². The maximum absolute atomic E-state index is 13.7. The van der Waals surface area contributed by atoms with E-state index >= 15 is 0 Å². The van der Waals surface area contributed by atoms with Crippen LogP contribution in [0.3, 0.4) is 0 Å². The van der Waals surface area contributed by atoms with E-state index in [2.05, 4.69) is 0 Å². The molecule has 3 aromatic rings. The van der Waals surface area contributed by atoms with Crippen molar-refractivity contribution in [3.63, 3.8) is 0 Å². The van der Waals surface area contributed by atoms with E-state index in [4.69, 9.17) is 9.47 Å². The number of rotatable bonds is 7. The van der Waals surface area contributed by atoms with Crippen molar-refractivity contribution < 1.29 is 45.3 Å². The molecule has 3 aromatic carbocycles. The van der Waals surface area contributed by atoms with Crippen molar-refractivity contribution in [3.8, 4) is 0 Å².